The van der Waals surface area contributed by atoms with Gasteiger partial charge in [0.2, 0.25) is 0 Å². The average molecular weight is 291 g/mol. The van der Waals surface area contributed by atoms with Gasteiger partial charge in [-0.2, -0.15) is 10.4 Å². The second-order valence-corrected chi connectivity index (χ2v) is 5.84. The molecule has 0 fully saturated rings. The Morgan fingerprint density at radius 1 is 1.35 bits per heavy atom. The molecule has 0 saturated heterocycles. The van der Waals surface area contributed by atoms with Gasteiger partial charge in [-0.1, -0.05) is 0 Å². The average Bonchev–Trinajstić information content (AvgIpc) is 2.64. The van der Waals surface area contributed by atoms with Crippen LogP contribution in [0.2, 0.25) is 0 Å². The van der Waals surface area contributed by atoms with Crippen LogP contribution in [0.15, 0.2) is 29.2 Å². The number of nitrogens with one attached hydrogen (secondary N) is 1. The third-order valence-electron chi connectivity index (χ3n) is 2.84. The minimum absolute atomic E-state index is 0.0376. The summed E-state index contributed by atoms with van der Waals surface area (Å²) in [5.41, 5.74) is 6.88. The lowest BCUT2D eigenvalue weighted by molar-refractivity contribution is 0.600. The van der Waals surface area contributed by atoms with E-state index in [1.165, 1.54) is 28.9 Å². The van der Waals surface area contributed by atoms with Gasteiger partial charge in [0.25, 0.3) is 10.0 Å². The topological polar surface area (TPSA) is 114 Å². The molecule has 8 heteroatoms. The monoisotopic (exact) mass is 291 g/mol. The highest BCUT2D eigenvalue weighted by Gasteiger charge is 2.24. The standard InChI is InChI=1S/C12H13N5O2S/c1-8-11(12(14)15-17(8)2)20(18,19)16-10-5-3-9(7-13)4-6-10/h3-6,16H,1-2H3,(H2,14,15). The quantitative estimate of drug-likeness (QED) is 0.875. The number of rotatable bonds is 3. The highest BCUT2D eigenvalue weighted by molar-refractivity contribution is 7.93. The van der Waals surface area contributed by atoms with Gasteiger partial charge in [0.05, 0.1) is 17.3 Å². The van der Waals surface area contributed by atoms with E-state index in [1.54, 1.807) is 14.0 Å². The number of nitrogen functional groups attached to an aromatic ring is 1. The van der Waals surface area contributed by atoms with Crippen LogP contribution in [0.1, 0.15) is 11.3 Å². The summed E-state index contributed by atoms with van der Waals surface area (Å²) in [6.07, 6.45) is 0. The fourth-order valence-electron chi connectivity index (χ4n) is 1.77. The van der Waals surface area contributed by atoms with Crippen molar-refractivity contribution in [3.05, 3.63) is 35.5 Å². The van der Waals surface area contributed by atoms with E-state index >= 15 is 0 Å². The molecule has 104 valence electrons. The molecular weight excluding hydrogens is 278 g/mol. The smallest absolute Gasteiger partial charge is 0.267 e. The van der Waals surface area contributed by atoms with E-state index in [-0.39, 0.29) is 10.7 Å². The molecule has 1 heterocycles. The highest BCUT2D eigenvalue weighted by atomic mass is 32.2. The zero-order valence-corrected chi connectivity index (χ0v) is 11.8. The van der Waals surface area contributed by atoms with Crippen molar-refractivity contribution in [1.82, 2.24) is 9.78 Å². The summed E-state index contributed by atoms with van der Waals surface area (Å²) in [7, 11) is -2.20. The number of benzene rings is 1. The Bertz CT molecular complexity index is 784. The zero-order chi connectivity index (χ0) is 14.9. The largest absolute Gasteiger partial charge is 0.381 e. The van der Waals surface area contributed by atoms with Gasteiger partial charge in [-0.25, -0.2) is 8.42 Å². The van der Waals surface area contributed by atoms with Gasteiger partial charge in [0.15, 0.2) is 10.7 Å². The second kappa shape index (κ2) is 4.86. The van der Waals surface area contributed by atoms with Gasteiger partial charge in [-0.15, -0.1) is 0 Å². The zero-order valence-electron chi connectivity index (χ0n) is 11.0. The maximum Gasteiger partial charge on any atom is 0.267 e. The Hall–Kier alpha value is -2.53. The molecule has 2 rings (SSSR count). The SMILES string of the molecule is Cc1c(S(=O)(=O)Nc2ccc(C#N)cc2)c(N)nn1C. The number of nitrogens with two attached hydrogens (primary N) is 1. The first-order valence-electron chi connectivity index (χ1n) is 5.67. The predicted molar refractivity (Wildman–Crippen MR) is 74.3 cm³/mol. The first-order valence-corrected chi connectivity index (χ1v) is 7.15. The molecule has 0 atom stereocenters. The molecular formula is C12H13N5O2S. The maximum absolute atomic E-state index is 12.3. The highest BCUT2D eigenvalue weighted by Crippen LogP contribution is 2.24. The van der Waals surface area contributed by atoms with Crippen LogP contribution in [0.4, 0.5) is 11.5 Å². The summed E-state index contributed by atoms with van der Waals surface area (Å²) in [5.74, 6) is -0.0499. The molecule has 7 nitrogen and oxygen atoms in total. The number of hydrogen-bond acceptors (Lipinski definition) is 5. The van der Waals surface area contributed by atoms with E-state index in [0.717, 1.165) is 0 Å². The van der Waals surface area contributed by atoms with Crippen LogP contribution in [0, 0.1) is 18.3 Å². The van der Waals surface area contributed by atoms with Crippen molar-refractivity contribution < 1.29 is 8.42 Å². The van der Waals surface area contributed by atoms with E-state index in [0.29, 0.717) is 16.9 Å². The Kier molecular flexibility index (Phi) is 3.38. The Balaban J connectivity index is 2.38. The summed E-state index contributed by atoms with van der Waals surface area (Å²) in [5, 5.41) is 12.6. The Morgan fingerprint density at radius 2 is 1.95 bits per heavy atom. The molecule has 0 aliphatic rings. The number of nitriles is 1. The molecule has 0 saturated carbocycles. The fourth-order valence-corrected chi connectivity index (χ4v) is 3.15. The maximum atomic E-state index is 12.3. The third-order valence-corrected chi connectivity index (χ3v) is 4.39. The van der Waals surface area contributed by atoms with Crippen molar-refractivity contribution in [3.63, 3.8) is 0 Å². The molecule has 0 aliphatic heterocycles. The van der Waals surface area contributed by atoms with Crippen molar-refractivity contribution in [2.75, 3.05) is 10.5 Å². The first-order chi connectivity index (χ1) is 9.35. The lowest BCUT2D eigenvalue weighted by atomic mass is 10.2. The minimum atomic E-state index is -3.81. The summed E-state index contributed by atoms with van der Waals surface area (Å²) < 4.78 is 28.4. The van der Waals surface area contributed by atoms with Crippen LogP contribution in [0.5, 0.6) is 0 Å². The van der Waals surface area contributed by atoms with E-state index in [4.69, 9.17) is 11.0 Å². The molecule has 1 aromatic heterocycles. The number of aryl methyl sites for hydroxylation is 1. The van der Waals surface area contributed by atoms with Crippen molar-refractivity contribution >= 4 is 21.5 Å². The van der Waals surface area contributed by atoms with Crippen LogP contribution >= 0.6 is 0 Å². The second-order valence-electron chi connectivity index (χ2n) is 4.22. The van der Waals surface area contributed by atoms with Crippen molar-refractivity contribution in [2.45, 2.75) is 11.8 Å². The number of hydrogen-bond donors (Lipinski definition) is 2. The van der Waals surface area contributed by atoms with Crippen LogP contribution < -0.4 is 10.5 Å². The van der Waals surface area contributed by atoms with Gasteiger partial charge < -0.3 is 5.73 Å². The molecule has 0 radical (unpaired) electrons. The van der Waals surface area contributed by atoms with E-state index in [9.17, 15) is 8.42 Å². The lowest BCUT2D eigenvalue weighted by Gasteiger charge is -2.08. The molecule has 0 bridgehead atoms. The van der Waals surface area contributed by atoms with Crippen LogP contribution in [-0.2, 0) is 17.1 Å². The van der Waals surface area contributed by atoms with Gasteiger partial charge in [0.1, 0.15) is 0 Å². The summed E-state index contributed by atoms with van der Waals surface area (Å²) >= 11 is 0. The van der Waals surface area contributed by atoms with Crippen molar-refractivity contribution in [2.24, 2.45) is 7.05 Å². The van der Waals surface area contributed by atoms with Crippen molar-refractivity contribution in [3.8, 4) is 6.07 Å². The third kappa shape index (κ3) is 2.44. The molecule has 0 unspecified atom stereocenters. The van der Waals surface area contributed by atoms with Crippen LogP contribution in [0.25, 0.3) is 0 Å². The van der Waals surface area contributed by atoms with Crippen LogP contribution in [-0.4, -0.2) is 18.2 Å². The predicted octanol–water partition coefficient (Wildman–Crippen LogP) is 0.983. The van der Waals surface area contributed by atoms with Gasteiger partial charge in [0, 0.05) is 12.7 Å². The van der Waals surface area contributed by atoms with Gasteiger partial charge in [-0.05, 0) is 31.2 Å². The molecule has 20 heavy (non-hydrogen) atoms. The van der Waals surface area contributed by atoms with Crippen LogP contribution in [0.3, 0.4) is 0 Å². The van der Waals surface area contributed by atoms with Gasteiger partial charge >= 0.3 is 0 Å². The number of nitrogens with zero attached hydrogens (tertiary/aromatic N) is 3. The summed E-state index contributed by atoms with van der Waals surface area (Å²) in [6.45, 7) is 1.62. The molecule has 0 amide bonds. The van der Waals surface area contributed by atoms with E-state index in [2.05, 4.69) is 9.82 Å². The molecule has 1 aromatic carbocycles. The number of anilines is 2. The minimum Gasteiger partial charge on any atom is -0.381 e. The summed E-state index contributed by atoms with van der Waals surface area (Å²) in [4.78, 5) is -0.0376. The molecule has 0 spiro atoms. The summed E-state index contributed by atoms with van der Waals surface area (Å²) in [6, 6.07) is 8.03. The van der Waals surface area contributed by atoms with Crippen molar-refractivity contribution in [1.29, 1.82) is 5.26 Å². The Morgan fingerprint density at radius 3 is 2.40 bits per heavy atom. The van der Waals surface area contributed by atoms with E-state index in [1.807, 2.05) is 6.07 Å². The first kappa shape index (κ1) is 13.9. The molecule has 0 aliphatic carbocycles. The molecule has 3 N–H and O–H groups in total. The van der Waals surface area contributed by atoms with E-state index < -0.39 is 10.0 Å². The normalized spacial score (nSPS) is 11.1. The number of sulfonamides is 1. The fraction of sp³-hybridized carbons (Fsp3) is 0.167. The number of aromatic nitrogens is 2. The lowest BCUT2D eigenvalue weighted by Crippen LogP contribution is -2.15. The Labute approximate surface area is 116 Å². The van der Waals surface area contributed by atoms with Gasteiger partial charge in [-0.3, -0.25) is 9.40 Å². The molecule has 2 aromatic rings.